The summed E-state index contributed by atoms with van der Waals surface area (Å²) >= 11 is 0. The minimum Gasteiger partial charge on any atom is -0.378 e. The van der Waals surface area contributed by atoms with Crippen LogP contribution in [-0.4, -0.2) is 34.9 Å². The molecule has 1 N–H and O–H groups in total. The summed E-state index contributed by atoms with van der Waals surface area (Å²) in [6.07, 6.45) is 1.75. The smallest absolute Gasteiger partial charge is 0.277 e. The molecule has 0 aliphatic carbocycles. The van der Waals surface area contributed by atoms with Gasteiger partial charge in [0, 0.05) is 18.1 Å². The predicted molar refractivity (Wildman–Crippen MR) is 76.6 cm³/mol. The average Bonchev–Trinajstić information content (AvgIpc) is 3.05. The fourth-order valence-electron chi connectivity index (χ4n) is 2.49. The first-order chi connectivity index (χ1) is 10.4. The van der Waals surface area contributed by atoms with E-state index < -0.39 is 0 Å². The second-order valence-corrected chi connectivity index (χ2v) is 4.92. The maximum atomic E-state index is 5.42. The Morgan fingerprint density at radius 1 is 1.19 bits per heavy atom. The Kier molecular flexibility index (Phi) is 3.10. The fourth-order valence-corrected chi connectivity index (χ4v) is 2.49. The van der Waals surface area contributed by atoms with E-state index in [9.17, 15) is 0 Å². The van der Waals surface area contributed by atoms with Crippen LogP contribution < -0.4 is 5.32 Å². The molecule has 0 spiro atoms. The second-order valence-electron chi connectivity index (χ2n) is 4.92. The molecule has 1 aromatic carbocycles. The topological polar surface area (TPSA) is 73.1 Å². The summed E-state index contributed by atoms with van der Waals surface area (Å²) in [6.45, 7) is 2.06. The first-order valence-corrected chi connectivity index (χ1v) is 6.91. The molecule has 4 rings (SSSR count). The van der Waals surface area contributed by atoms with Crippen LogP contribution in [0.3, 0.4) is 0 Å². The van der Waals surface area contributed by atoms with E-state index in [0.29, 0.717) is 30.6 Å². The molecule has 1 saturated heterocycles. The predicted octanol–water partition coefficient (Wildman–Crippen LogP) is 1.95. The van der Waals surface area contributed by atoms with Crippen molar-refractivity contribution in [2.24, 2.45) is 0 Å². The molecule has 1 unspecified atom stereocenters. The van der Waals surface area contributed by atoms with E-state index >= 15 is 0 Å². The molecule has 1 fully saturated rings. The second kappa shape index (κ2) is 5.23. The maximum absolute atomic E-state index is 5.42. The molecule has 6 nitrogen and oxygen atoms in total. The molecule has 3 heterocycles. The molecular weight excluding hydrogens is 268 g/mol. The van der Waals surface area contributed by atoms with Crippen LogP contribution in [0, 0.1) is 0 Å². The van der Waals surface area contributed by atoms with Gasteiger partial charge in [-0.2, -0.15) is 4.98 Å². The van der Waals surface area contributed by atoms with Gasteiger partial charge in [0.1, 0.15) is 5.69 Å². The molecule has 0 radical (unpaired) electrons. The van der Waals surface area contributed by atoms with Gasteiger partial charge in [0.2, 0.25) is 0 Å². The van der Waals surface area contributed by atoms with Crippen molar-refractivity contribution in [2.75, 3.05) is 19.8 Å². The van der Waals surface area contributed by atoms with E-state index in [-0.39, 0.29) is 6.04 Å². The fraction of sp³-hybridized carbons (Fsp3) is 0.267. The number of nitrogens with zero attached hydrogens (tertiary/aromatic N) is 3. The molecular formula is C15H14N4O2. The van der Waals surface area contributed by atoms with Crippen LogP contribution in [0.25, 0.3) is 22.4 Å². The van der Waals surface area contributed by atoms with Gasteiger partial charge in [0.15, 0.2) is 5.82 Å². The monoisotopic (exact) mass is 282 g/mol. The van der Waals surface area contributed by atoms with Crippen molar-refractivity contribution in [1.29, 1.82) is 0 Å². The molecule has 6 heteroatoms. The Morgan fingerprint density at radius 2 is 2.14 bits per heavy atom. The highest BCUT2D eigenvalue weighted by Crippen LogP contribution is 2.26. The zero-order chi connectivity index (χ0) is 14.1. The molecule has 21 heavy (non-hydrogen) atoms. The zero-order valence-corrected chi connectivity index (χ0v) is 11.3. The first-order valence-electron chi connectivity index (χ1n) is 6.91. The zero-order valence-electron chi connectivity index (χ0n) is 11.3. The summed E-state index contributed by atoms with van der Waals surface area (Å²) in [5.74, 6) is 1.05. The van der Waals surface area contributed by atoms with Crippen molar-refractivity contribution in [2.45, 2.75) is 6.04 Å². The highest BCUT2D eigenvalue weighted by atomic mass is 16.5. The van der Waals surface area contributed by atoms with Crippen molar-refractivity contribution >= 4 is 10.8 Å². The summed E-state index contributed by atoms with van der Waals surface area (Å²) in [5.41, 5.74) is 0.712. The van der Waals surface area contributed by atoms with Crippen molar-refractivity contribution in [3.8, 4) is 11.6 Å². The third-order valence-electron chi connectivity index (χ3n) is 3.55. The third kappa shape index (κ3) is 2.28. The van der Waals surface area contributed by atoms with Crippen molar-refractivity contribution in [3.05, 3.63) is 42.4 Å². The highest BCUT2D eigenvalue weighted by Gasteiger charge is 2.22. The van der Waals surface area contributed by atoms with Crippen molar-refractivity contribution in [1.82, 2.24) is 20.4 Å². The molecule has 1 atom stereocenters. The van der Waals surface area contributed by atoms with Crippen molar-refractivity contribution in [3.63, 3.8) is 0 Å². The number of benzene rings is 1. The Bertz CT molecular complexity index is 760. The number of hydrogen-bond acceptors (Lipinski definition) is 6. The highest BCUT2D eigenvalue weighted by molar-refractivity contribution is 5.92. The summed E-state index contributed by atoms with van der Waals surface area (Å²) in [4.78, 5) is 8.86. The number of pyridine rings is 1. The SMILES string of the molecule is c1ccc2c(-c3nc(C4COCCN4)no3)nccc2c1. The molecule has 1 aliphatic rings. The lowest BCUT2D eigenvalue weighted by Gasteiger charge is -2.20. The van der Waals surface area contributed by atoms with E-state index in [2.05, 4.69) is 20.4 Å². The number of rotatable bonds is 2. The molecule has 3 aromatic rings. The number of morpholine rings is 1. The normalized spacial score (nSPS) is 19.0. The number of hydrogen-bond donors (Lipinski definition) is 1. The minimum absolute atomic E-state index is 0.0220. The van der Waals surface area contributed by atoms with Gasteiger partial charge in [-0.15, -0.1) is 0 Å². The number of aromatic nitrogens is 3. The number of fused-ring (bicyclic) bond motifs is 1. The summed E-state index contributed by atoms with van der Waals surface area (Å²) in [7, 11) is 0. The van der Waals surface area contributed by atoms with Gasteiger partial charge in [0.25, 0.3) is 5.89 Å². The van der Waals surface area contributed by atoms with Crippen LogP contribution in [0.5, 0.6) is 0 Å². The van der Waals surface area contributed by atoms with Crippen LogP contribution in [0.2, 0.25) is 0 Å². The van der Waals surface area contributed by atoms with E-state index in [1.807, 2.05) is 30.3 Å². The van der Waals surface area contributed by atoms with Crippen molar-refractivity contribution < 1.29 is 9.26 Å². The van der Waals surface area contributed by atoms with Gasteiger partial charge in [-0.1, -0.05) is 29.4 Å². The maximum Gasteiger partial charge on any atom is 0.277 e. The standard InChI is InChI=1S/C15H14N4O2/c1-2-4-11-10(3-1)5-6-17-13(11)15-18-14(19-21-15)12-9-20-8-7-16-12/h1-6,12,16H,7-9H2. The number of ether oxygens (including phenoxy) is 1. The van der Waals surface area contributed by atoms with Gasteiger partial charge in [-0.25, -0.2) is 0 Å². The molecule has 106 valence electrons. The van der Waals surface area contributed by atoms with Crippen LogP contribution in [-0.2, 0) is 4.74 Å². The lowest BCUT2D eigenvalue weighted by atomic mass is 10.1. The largest absolute Gasteiger partial charge is 0.378 e. The minimum atomic E-state index is -0.0220. The van der Waals surface area contributed by atoms with Gasteiger partial charge in [-0.05, 0) is 11.5 Å². The van der Waals surface area contributed by atoms with E-state index in [4.69, 9.17) is 9.26 Å². The molecule has 2 aromatic heterocycles. The van der Waals surface area contributed by atoms with E-state index in [0.717, 1.165) is 17.3 Å². The Morgan fingerprint density at radius 3 is 3.05 bits per heavy atom. The molecule has 1 aliphatic heterocycles. The van der Waals surface area contributed by atoms with Gasteiger partial charge in [-0.3, -0.25) is 4.98 Å². The molecule has 0 amide bonds. The van der Waals surface area contributed by atoms with Crippen LogP contribution >= 0.6 is 0 Å². The lowest BCUT2D eigenvalue weighted by molar-refractivity contribution is 0.0734. The van der Waals surface area contributed by atoms with E-state index in [1.54, 1.807) is 6.20 Å². The summed E-state index contributed by atoms with van der Waals surface area (Å²) in [5, 5.41) is 9.46. The molecule has 0 bridgehead atoms. The summed E-state index contributed by atoms with van der Waals surface area (Å²) < 4.78 is 10.8. The Labute approximate surface area is 121 Å². The lowest BCUT2D eigenvalue weighted by Crippen LogP contribution is -2.35. The van der Waals surface area contributed by atoms with Gasteiger partial charge in [0.05, 0.1) is 19.3 Å². The average molecular weight is 282 g/mol. The van der Waals surface area contributed by atoms with Crippen LogP contribution in [0.15, 0.2) is 41.1 Å². The van der Waals surface area contributed by atoms with Gasteiger partial charge < -0.3 is 14.6 Å². The van der Waals surface area contributed by atoms with Crippen LogP contribution in [0.1, 0.15) is 11.9 Å². The van der Waals surface area contributed by atoms with E-state index in [1.165, 1.54) is 0 Å². The first kappa shape index (κ1) is 12.4. The third-order valence-corrected chi connectivity index (χ3v) is 3.55. The van der Waals surface area contributed by atoms with Crippen LogP contribution in [0.4, 0.5) is 0 Å². The Balaban J connectivity index is 1.74. The number of nitrogens with one attached hydrogen (secondary N) is 1. The Hall–Kier alpha value is -2.31. The quantitative estimate of drug-likeness (QED) is 0.774. The molecule has 0 saturated carbocycles. The summed E-state index contributed by atoms with van der Waals surface area (Å²) in [6, 6.07) is 9.95. The van der Waals surface area contributed by atoms with Gasteiger partial charge >= 0.3 is 0 Å².